The number of methoxy groups -OCH3 is 1. The van der Waals surface area contributed by atoms with Gasteiger partial charge in [-0.25, -0.2) is 0 Å². The quantitative estimate of drug-likeness (QED) is 0.648. The van der Waals surface area contributed by atoms with Gasteiger partial charge in [-0.3, -0.25) is 0 Å². The lowest BCUT2D eigenvalue weighted by atomic mass is 9.64. The molecule has 0 aromatic heterocycles. The zero-order chi connectivity index (χ0) is 9.95. The number of ether oxygens (including phenoxy) is 1. The summed E-state index contributed by atoms with van der Waals surface area (Å²) in [5.74, 6) is 0. The minimum absolute atomic E-state index is 0.444. The van der Waals surface area contributed by atoms with E-state index >= 15 is 0 Å². The molecule has 1 rings (SSSR count). The van der Waals surface area contributed by atoms with Gasteiger partial charge < -0.3 is 4.74 Å². The Bertz CT molecular complexity index is 155. The van der Waals surface area contributed by atoms with E-state index in [1.807, 2.05) is 0 Å². The van der Waals surface area contributed by atoms with E-state index in [-0.39, 0.29) is 0 Å². The van der Waals surface area contributed by atoms with Crippen molar-refractivity contribution < 1.29 is 4.74 Å². The third-order valence-corrected chi connectivity index (χ3v) is 4.27. The fraction of sp³-hybridized carbons (Fsp3) is 1.00. The molecule has 0 N–H and O–H groups in total. The topological polar surface area (TPSA) is 9.23 Å². The van der Waals surface area contributed by atoms with Crippen molar-refractivity contribution in [3.63, 3.8) is 0 Å². The molecule has 0 radical (unpaired) electrons. The lowest BCUT2D eigenvalue weighted by Crippen LogP contribution is -2.33. The molecule has 0 unspecified atom stereocenters. The van der Waals surface area contributed by atoms with Crippen LogP contribution in [0, 0.1) is 10.8 Å². The van der Waals surface area contributed by atoms with Crippen molar-refractivity contribution in [3.8, 4) is 0 Å². The average molecular weight is 184 g/mol. The fourth-order valence-electron chi connectivity index (χ4n) is 2.49. The molecule has 0 atom stereocenters. The predicted molar refractivity (Wildman–Crippen MR) is 56.8 cm³/mol. The van der Waals surface area contributed by atoms with Gasteiger partial charge in [0.05, 0.1) is 0 Å². The highest BCUT2D eigenvalue weighted by molar-refractivity contribution is 4.92. The Morgan fingerprint density at radius 3 is 2.23 bits per heavy atom. The standard InChI is InChI=1S/C12H24O/c1-11(2,9-10-13-4)12(3)7-5-6-8-12/h5-10H2,1-4H3. The van der Waals surface area contributed by atoms with Crippen molar-refractivity contribution in [2.24, 2.45) is 10.8 Å². The fourth-order valence-corrected chi connectivity index (χ4v) is 2.49. The molecule has 1 heteroatoms. The maximum atomic E-state index is 5.18. The second-order valence-corrected chi connectivity index (χ2v) is 5.39. The van der Waals surface area contributed by atoms with Crippen LogP contribution >= 0.6 is 0 Å². The van der Waals surface area contributed by atoms with Crippen LogP contribution in [0.5, 0.6) is 0 Å². The minimum Gasteiger partial charge on any atom is -0.385 e. The Balaban J connectivity index is 2.55. The first kappa shape index (κ1) is 11.0. The molecular weight excluding hydrogens is 160 g/mol. The summed E-state index contributed by atoms with van der Waals surface area (Å²) >= 11 is 0. The molecule has 0 aliphatic heterocycles. The highest BCUT2D eigenvalue weighted by Gasteiger charge is 2.42. The van der Waals surface area contributed by atoms with Gasteiger partial charge in [-0.1, -0.05) is 33.6 Å². The molecule has 0 saturated heterocycles. The monoisotopic (exact) mass is 184 g/mol. The van der Waals surface area contributed by atoms with E-state index in [2.05, 4.69) is 20.8 Å². The van der Waals surface area contributed by atoms with Crippen LogP contribution < -0.4 is 0 Å². The Morgan fingerprint density at radius 2 is 1.77 bits per heavy atom. The maximum Gasteiger partial charge on any atom is 0.0467 e. The maximum absolute atomic E-state index is 5.18. The van der Waals surface area contributed by atoms with Crippen LogP contribution in [0.4, 0.5) is 0 Å². The van der Waals surface area contributed by atoms with E-state index in [1.165, 1.54) is 32.1 Å². The molecule has 0 spiro atoms. The second-order valence-electron chi connectivity index (χ2n) is 5.39. The first-order chi connectivity index (χ1) is 6.02. The van der Waals surface area contributed by atoms with Crippen LogP contribution in [0.15, 0.2) is 0 Å². The van der Waals surface area contributed by atoms with Crippen LogP contribution in [0.3, 0.4) is 0 Å². The van der Waals surface area contributed by atoms with E-state index in [9.17, 15) is 0 Å². The first-order valence-electron chi connectivity index (χ1n) is 5.51. The summed E-state index contributed by atoms with van der Waals surface area (Å²) in [6, 6.07) is 0. The molecule has 1 nitrogen and oxygen atoms in total. The predicted octanol–water partition coefficient (Wildman–Crippen LogP) is 3.63. The SMILES string of the molecule is COCCC(C)(C)C1(C)CCCC1. The van der Waals surface area contributed by atoms with Crippen molar-refractivity contribution in [1.82, 2.24) is 0 Å². The molecule has 1 saturated carbocycles. The summed E-state index contributed by atoms with van der Waals surface area (Å²) in [7, 11) is 1.80. The third-order valence-electron chi connectivity index (χ3n) is 4.27. The molecule has 1 aliphatic rings. The van der Waals surface area contributed by atoms with Crippen molar-refractivity contribution >= 4 is 0 Å². The second kappa shape index (κ2) is 4.00. The molecule has 0 bridgehead atoms. The molecule has 0 aromatic carbocycles. The number of hydrogen-bond donors (Lipinski definition) is 0. The smallest absolute Gasteiger partial charge is 0.0467 e. The summed E-state index contributed by atoms with van der Waals surface area (Å²) in [6.45, 7) is 8.16. The zero-order valence-electron chi connectivity index (χ0n) is 9.65. The summed E-state index contributed by atoms with van der Waals surface area (Å²) in [5, 5.41) is 0. The van der Waals surface area contributed by atoms with Crippen LogP contribution in [0.2, 0.25) is 0 Å². The Hall–Kier alpha value is -0.0400. The average Bonchev–Trinajstić information content (AvgIpc) is 2.50. The molecule has 78 valence electrons. The van der Waals surface area contributed by atoms with Gasteiger partial charge in [-0.2, -0.15) is 0 Å². The highest BCUT2D eigenvalue weighted by Crippen LogP contribution is 2.52. The first-order valence-corrected chi connectivity index (χ1v) is 5.51. The van der Waals surface area contributed by atoms with E-state index in [0.29, 0.717) is 10.8 Å². The number of rotatable bonds is 4. The molecule has 0 heterocycles. The number of hydrogen-bond acceptors (Lipinski definition) is 1. The molecule has 0 amide bonds. The lowest BCUT2D eigenvalue weighted by molar-refractivity contribution is 0.0509. The largest absolute Gasteiger partial charge is 0.385 e. The van der Waals surface area contributed by atoms with Gasteiger partial charge in [0, 0.05) is 13.7 Å². The molecule has 1 fully saturated rings. The van der Waals surface area contributed by atoms with Crippen molar-refractivity contribution in [1.29, 1.82) is 0 Å². The molecule has 1 aliphatic carbocycles. The van der Waals surface area contributed by atoms with Crippen LogP contribution in [-0.4, -0.2) is 13.7 Å². The summed E-state index contributed by atoms with van der Waals surface area (Å²) in [6.07, 6.45) is 6.85. The van der Waals surface area contributed by atoms with Crippen LogP contribution in [0.1, 0.15) is 52.9 Å². The Morgan fingerprint density at radius 1 is 1.23 bits per heavy atom. The van der Waals surface area contributed by atoms with E-state index in [0.717, 1.165) is 6.61 Å². The van der Waals surface area contributed by atoms with Gasteiger partial charge in [0.15, 0.2) is 0 Å². The molecule has 0 aromatic rings. The van der Waals surface area contributed by atoms with Gasteiger partial charge in [0.25, 0.3) is 0 Å². The molecular formula is C12H24O. The summed E-state index contributed by atoms with van der Waals surface area (Å²) in [5.41, 5.74) is 1.00. The summed E-state index contributed by atoms with van der Waals surface area (Å²) < 4.78 is 5.18. The van der Waals surface area contributed by atoms with Gasteiger partial charge in [-0.05, 0) is 30.1 Å². The molecule has 13 heavy (non-hydrogen) atoms. The highest BCUT2D eigenvalue weighted by atomic mass is 16.5. The lowest BCUT2D eigenvalue weighted by Gasteiger charge is -2.42. The van der Waals surface area contributed by atoms with E-state index in [4.69, 9.17) is 4.74 Å². The zero-order valence-corrected chi connectivity index (χ0v) is 9.65. The van der Waals surface area contributed by atoms with Crippen molar-refractivity contribution in [2.75, 3.05) is 13.7 Å². The Labute approximate surface area is 82.9 Å². The van der Waals surface area contributed by atoms with Crippen LogP contribution in [0.25, 0.3) is 0 Å². The minimum atomic E-state index is 0.444. The van der Waals surface area contributed by atoms with Gasteiger partial charge in [0.2, 0.25) is 0 Å². The van der Waals surface area contributed by atoms with Crippen LogP contribution in [-0.2, 0) is 4.74 Å². The third kappa shape index (κ3) is 2.25. The van der Waals surface area contributed by atoms with Gasteiger partial charge >= 0.3 is 0 Å². The van der Waals surface area contributed by atoms with Gasteiger partial charge in [-0.15, -0.1) is 0 Å². The van der Waals surface area contributed by atoms with Crippen molar-refractivity contribution in [3.05, 3.63) is 0 Å². The normalized spacial score (nSPS) is 22.2. The van der Waals surface area contributed by atoms with E-state index < -0.39 is 0 Å². The van der Waals surface area contributed by atoms with E-state index in [1.54, 1.807) is 7.11 Å². The Kier molecular flexibility index (Phi) is 3.39. The summed E-state index contributed by atoms with van der Waals surface area (Å²) in [4.78, 5) is 0. The van der Waals surface area contributed by atoms with Gasteiger partial charge in [0.1, 0.15) is 0 Å². The van der Waals surface area contributed by atoms with Crippen molar-refractivity contribution in [2.45, 2.75) is 52.9 Å².